The molecule has 0 atom stereocenters. The van der Waals surface area contributed by atoms with Crippen LogP contribution in [0.1, 0.15) is 32.8 Å². The average molecular weight is 209 g/mol. The van der Waals surface area contributed by atoms with E-state index < -0.39 is 0 Å². The first-order chi connectivity index (χ1) is 7.33. The summed E-state index contributed by atoms with van der Waals surface area (Å²) in [6.07, 6.45) is 3.41. The molecule has 15 heavy (non-hydrogen) atoms. The second kappa shape index (κ2) is 6.22. The molecule has 0 saturated heterocycles. The van der Waals surface area contributed by atoms with Crippen LogP contribution >= 0.6 is 0 Å². The van der Waals surface area contributed by atoms with E-state index in [1.165, 1.54) is 0 Å². The number of ether oxygens (including phenoxy) is 1. The zero-order chi connectivity index (χ0) is 11.1. The van der Waals surface area contributed by atoms with Crippen LogP contribution in [-0.4, -0.2) is 23.1 Å². The third-order valence-electron chi connectivity index (χ3n) is 2.05. The Morgan fingerprint density at radius 2 is 2.07 bits per heavy atom. The molecule has 84 valence electrons. The molecule has 0 aliphatic rings. The molecule has 1 aromatic heterocycles. The lowest BCUT2D eigenvalue weighted by molar-refractivity contribution is 0.301. The molecule has 0 aliphatic carbocycles. The van der Waals surface area contributed by atoms with E-state index in [1.54, 1.807) is 6.33 Å². The van der Waals surface area contributed by atoms with E-state index in [0.717, 1.165) is 30.8 Å². The SMILES string of the molecule is CCCOc1ncnc(NCC)c1CC. The highest BCUT2D eigenvalue weighted by molar-refractivity contribution is 5.48. The van der Waals surface area contributed by atoms with Crippen LogP contribution in [0.25, 0.3) is 0 Å². The summed E-state index contributed by atoms with van der Waals surface area (Å²) in [6, 6.07) is 0. The van der Waals surface area contributed by atoms with Gasteiger partial charge in [-0.25, -0.2) is 9.97 Å². The van der Waals surface area contributed by atoms with Gasteiger partial charge >= 0.3 is 0 Å². The lowest BCUT2D eigenvalue weighted by Gasteiger charge is -2.12. The summed E-state index contributed by atoms with van der Waals surface area (Å²) < 4.78 is 5.57. The Balaban J connectivity index is 2.88. The first-order valence-corrected chi connectivity index (χ1v) is 5.53. The van der Waals surface area contributed by atoms with Gasteiger partial charge in [0.15, 0.2) is 0 Å². The lowest BCUT2D eigenvalue weighted by atomic mass is 10.2. The molecule has 0 amide bonds. The van der Waals surface area contributed by atoms with Gasteiger partial charge in [-0.05, 0) is 19.8 Å². The number of anilines is 1. The molecule has 0 fully saturated rings. The first kappa shape index (κ1) is 11.8. The molecule has 0 aromatic carbocycles. The fraction of sp³-hybridized carbons (Fsp3) is 0.636. The normalized spacial score (nSPS) is 10.1. The zero-order valence-electron chi connectivity index (χ0n) is 9.71. The summed E-state index contributed by atoms with van der Waals surface area (Å²) in [5.74, 6) is 1.60. The zero-order valence-corrected chi connectivity index (χ0v) is 9.71. The second-order valence-electron chi connectivity index (χ2n) is 3.24. The number of hydrogen-bond donors (Lipinski definition) is 1. The molecule has 1 heterocycles. The van der Waals surface area contributed by atoms with E-state index in [9.17, 15) is 0 Å². The molecule has 0 aliphatic heterocycles. The highest BCUT2D eigenvalue weighted by Crippen LogP contribution is 2.22. The van der Waals surface area contributed by atoms with E-state index >= 15 is 0 Å². The van der Waals surface area contributed by atoms with E-state index in [4.69, 9.17) is 4.74 Å². The lowest BCUT2D eigenvalue weighted by Crippen LogP contribution is -2.07. The molecule has 4 heteroatoms. The van der Waals surface area contributed by atoms with Crippen LogP contribution in [0.4, 0.5) is 5.82 Å². The van der Waals surface area contributed by atoms with Gasteiger partial charge in [-0.2, -0.15) is 0 Å². The molecular formula is C11H19N3O. The molecule has 4 nitrogen and oxygen atoms in total. The number of nitrogens with one attached hydrogen (secondary N) is 1. The maximum atomic E-state index is 5.57. The standard InChI is InChI=1S/C11H19N3O/c1-4-7-15-11-9(5-2)10(12-6-3)13-8-14-11/h8H,4-7H2,1-3H3,(H,12,13,14). The van der Waals surface area contributed by atoms with Crippen molar-refractivity contribution in [2.75, 3.05) is 18.5 Å². The van der Waals surface area contributed by atoms with Gasteiger partial charge in [0.1, 0.15) is 12.1 Å². The van der Waals surface area contributed by atoms with Gasteiger partial charge < -0.3 is 10.1 Å². The molecule has 0 bridgehead atoms. The van der Waals surface area contributed by atoms with Gasteiger partial charge in [0.25, 0.3) is 0 Å². The van der Waals surface area contributed by atoms with Crippen LogP contribution in [0.2, 0.25) is 0 Å². The molecule has 0 radical (unpaired) electrons. The summed E-state index contributed by atoms with van der Waals surface area (Å²) in [5, 5.41) is 3.21. The van der Waals surface area contributed by atoms with Crippen molar-refractivity contribution in [2.24, 2.45) is 0 Å². The largest absolute Gasteiger partial charge is 0.477 e. The van der Waals surface area contributed by atoms with Crippen molar-refractivity contribution in [3.63, 3.8) is 0 Å². The van der Waals surface area contributed by atoms with Gasteiger partial charge in [0, 0.05) is 6.54 Å². The van der Waals surface area contributed by atoms with Crippen molar-refractivity contribution in [1.29, 1.82) is 0 Å². The fourth-order valence-corrected chi connectivity index (χ4v) is 1.36. The van der Waals surface area contributed by atoms with Gasteiger partial charge in [0.2, 0.25) is 5.88 Å². The number of hydrogen-bond acceptors (Lipinski definition) is 4. The van der Waals surface area contributed by atoms with Gasteiger partial charge in [-0.3, -0.25) is 0 Å². The van der Waals surface area contributed by atoms with Gasteiger partial charge in [-0.15, -0.1) is 0 Å². The number of nitrogens with zero attached hydrogens (tertiary/aromatic N) is 2. The Morgan fingerprint density at radius 1 is 1.27 bits per heavy atom. The Kier molecular flexibility index (Phi) is 4.87. The third-order valence-corrected chi connectivity index (χ3v) is 2.05. The molecule has 1 N–H and O–H groups in total. The summed E-state index contributed by atoms with van der Waals surface area (Å²) in [7, 11) is 0. The van der Waals surface area contributed by atoms with Gasteiger partial charge in [-0.1, -0.05) is 13.8 Å². The van der Waals surface area contributed by atoms with Crippen LogP contribution < -0.4 is 10.1 Å². The van der Waals surface area contributed by atoms with E-state index in [2.05, 4.69) is 29.1 Å². The van der Waals surface area contributed by atoms with Crippen LogP contribution in [0, 0.1) is 0 Å². The topological polar surface area (TPSA) is 47.0 Å². The summed E-state index contributed by atoms with van der Waals surface area (Å²) in [4.78, 5) is 8.36. The molecule has 0 spiro atoms. The predicted molar refractivity (Wildman–Crippen MR) is 61.4 cm³/mol. The summed E-state index contributed by atoms with van der Waals surface area (Å²) in [6.45, 7) is 7.78. The smallest absolute Gasteiger partial charge is 0.221 e. The average Bonchev–Trinajstić information content (AvgIpc) is 2.27. The Labute approximate surface area is 91.1 Å². The van der Waals surface area contributed by atoms with Crippen molar-refractivity contribution in [3.05, 3.63) is 11.9 Å². The van der Waals surface area contributed by atoms with E-state index in [0.29, 0.717) is 12.5 Å². The minimum atomic E-state index is 0.704. The minimum absolute atomic E-state index is 0.704. The number of aromatic nitrogens is 2. The fourth-order valence-electron chi connectivity index (χ4n) is 1.36. The Bertz CT molecular complexity index is 302. The predicted octanol–water partition coefficient (Wildman–Crippen LogP) is 2.26. The Hall–Kier alpha value is -1.32. The van der Waals surface area contributed by atoms with Crippen LogP contribution in [0.3, 0.4) is 0 Å². The van der Waals surface area contributed by atoms with Crippen LogP contribution in [-0.2, 0) is 6.42 Å². The molecule has 0 unspecified atom stereocenters. The highest BCUT2D eigenvalue weighted by atomic mass is 16.5. The second-order valence-corrected chi connectivity index (χ2v) is 3.24. The van der Waals surface area contributed by atoms with Crippen LogP contribution in [0.5, 0.6) is 5.88 Å². The maximum Gasteiger partial charge on any atom is 0.221 e. The molecular weight excluding hydrogens is 190 g/mol. The van der Waals surface area contributed by atoms with Crippen molar-refractivity contribution in [2.45, 2.75) is 33.6 Å². The van der Waals surface area contributed by atoms with Gasteiger partial charge in [0.05, 0.1) is 12.2 Å². The molecule has 0 saturated carbocycles. The van der Waals surface area contributed by atoms with Crippen molar-refractivity contribution in [3.8, 4) is 5.88 Å². The van der Waals surface area contributed by atoms with Crippen molar-refractivity contribution in [1.82, 2.24) is 9.97 Å². The monoisotopic (exact) mass is 209 g/mol. The van der Waals surface area contributed by atoms with E-state index in [1.807, 2.05) is 6.92 Å². The quantitative estimate of drug-likeness (QED) is 0.780. The first-order valence-electron chi connectivity index (χ1n) is 5.53. The molecule has 1 aromatic rings. The number of rotatable bonds is 6. The minimum Gasteiger partial charge on any atom is -0.477 e. The van der Waals surface area contributed by atoms with Crippen LogP contribution in [0.15, 0.2) is 6.33 Å². The Morgan fingerprint density at radius 3 is 2.67 bits per heavy atom. The summed E-state index contributed by atoms with van der Waals surface area (Å²) in [5.41, 5.74) is 1.06. The van der Waals surface area contributed by atoms with Crippen molar-refractivity contribution >= 4 is 5.82 Å². The van der Waals surface area contributed by atoms with E-state index in [-0.39, 0.29) is 0 Å². The highest BCUT2D eigenvalue weighted by Gasteiger charge is 2.09. The molecule has 1 rings (SSSR count). The summed E-state index contributed by atoms with van der Waals surface area (Å²) >= 11 is 0. The third kappa shape index (κ3) is 3.08. The maximum absolute atomic E-state index is 5.57. The van der Waals surface area contributed by atoms with Crippen molar-refractivity contribution < 1.29 is 4.74 Å².